The van der Waals surface area contributed by atoms with Gasteiger partial charge in [0.1, 0.15) is 23.9 Å². The van der Waals surface area contributed by atoms with Crippen molar-refractivity contribution in [1.82, 2.24) is 20.9 Å². The number of amides is 3. The molecule has 2 aromatic carbocycles. The average Bonchev–Trinajstić information content (AvgIpc) is 3.37. The highest BCUT2D eigenvalue weighted by atomic mass is 16.4. The van der Waals surface area contributed by atoms with Crippen LogP contribution in [0.25, 0.3) is 10.9 Å². The number of aromatic amines is 1. The van der Waals surface area contributed by atoms with E-state index >= 15 is 0 Å². The minimum Gasteiger partial charge on any atom is -0.508 e. The summed E-state index contributed by atoms with van der Waals surface area (Å²) in [5.74, 6) is -3.27. The van der Waals surface area contributed by atoms with Crippen LogP contribution in [0.2, 0.25) is 0 Å². The maximum absolute atomic E-state index is 13.7. The van der Waals surface area contributed by atoms with Crippen molar-refractivity contribution in [2.45, 2.75) is 56.8 Å². The normalized spacial score (nSPS) is 13.7. The third kappa shape index (κ3) is 9.74. The molecule has 0 spiro atoms. The van der Waals surface area contributed by atoms with E-state index in [0.717, 1.165) is 16.5 Å². The number of aliphatic imine (C=N–C) groups is 1. The number of nitrogens with two attached hydrogens (primary N) is 3. The second-order valence-electron chi connectivity index (χ2n) is 10.2. The second kappa shape index (κ2) is 15.2. The number of aromatic nitrogens is 1. The van der Waals surface area contributed by atoms with Gasteiger partial charge in [-0.25, -0.2) is 0 Å². The number of hydrogen-bond acceptors (Lipinski definition) is 7. The molecule has 0 aliphatic carbocycles. The lowest BCUT2D eigenvalue weighted by molar-refractivity contribution is -0.141. The van der Waals surface area contributed by atoms with Gasteiger partial charge >= 0.3 is 5.97 Å². The standard InChI is InChI=1S/C29H38N8O6/c1-16(28(42)43)35-26(40)23(7-4-12-33-29(31)32)36-27(41)24(14-18-15-34-22-6-3-2-5-20(18)22)37-25(39)21(30)13-17-8-10-19(38)11-9-17/h2-3,5-6,8-11,15-16,21,23-24,34,38H,4,7,12-14,30H2,1H3,(H,35,40)(H,36,41)(H,37,39)(H,42,43)(H4,31,32,33)/t16-,21-,23-,24-/m0/s1. The van der Waals surface area contributed by atoms with E-state index in [0.29, 0.717) is 12.0 Å². The van der Waals surface area contributed by atoms with E-state index in [1.165, 1.54) is 19.1 Å². The number of hydrogen-bond donors (Lipinski definition) is 9. The van der Waals surface area contributed by atoms with Gasteiger partial charge in [-0.1, -0.05) is 30.3 Å². The number of nitrogens with zero attached hydrogens (tertiary/aromatic N) is 1. The average molecular weight is 595 g/mol. The van der Waals surface area contributed by atoms with E-state index in [9.17, 15) is 29.4 Å². The number of para-hydroxylation sites is 1. The molecule has 0 unspecified atom stereocenters. The maximum Gasteiger partial charge on any atom is 0.325 e. The first kappa shape index (κ1) is 32.4. The van der Waals surface area contributed by atoms with Crippen molar-refractivity contribution >= 4 is 40.6 Å². The van der Waals surface area contributed by atoms with Crippen molar-refractivity contribution in [3.05, 3.63) is 65.9 Å². The summed E-state index contributed by atoms with van der Waals surface area (Å²) in [6, 6.07) is 9.21. The molecule has 14 nitrogen and oxygen atoms in total. The fourth-order valence-electron chi connectivity index (χ4n) is 4.41. The van der Waals surface area contributed by atoms with Crippen molar-refractivity contribution < 1.29 is 29.4 Å². The predicted octanol–water partition coefficient (Wildman–Crippen LogP) is -0.401. The zero-order valence-corrected chi connectivity index (χ0v) is 23.7. The molecule has 1 aromatic heterocycles. The third-order valence-electron chi connectivity index (χ3n) is 6.77. The summed E-state index contributed by atoms with van der Waals surface area (Å²) in [4.78, 5) is 58.2. The number of phenolic OH excluding ortho intramolecular Hbond substituents is 1. The van der Waals surface area contributed by atoms with Gasteiger partial charge < -0.3 is 48.3 Å². The molecular weight excluding hydrogens is 556 g/mol. The zero-order chi connectivity index (χ0) is 31.5. The highest BCUT2D eigenvalue weighted by molar-refractivity contribution is 5.95. The third-order valence-corrected chi connectivity index (χ3v) is 6.77. The topological polar surface area (TPSA) is 251 Å². The van der Waals surface area contributed by atoms with Crippen molar-refractivity contribution in [2.75, 3.05) is 6.54 Å². The highest BCUT2D eigenvalue weighted by Crippen LogP contribution is 2.19. The minimum absolute atomic E-state index is 0.0708. The molecule has 0 bridgehead atoms. The number of aliphatic carboxylic acids is 1. The Balaban J connectivity index is 1.82. The first-order valence-electron chi connectivity index (χ1n) is 13.7. The molecule has 0 fully saturated rings. The Kier molecular flexibility index (Phi) is 11.5. The van der Waals surface area contributed by atoms with Gasteiger partial charge in [0.25, 0.3) is 0 Å². The molecule has 0 aliphatic heterocycles. The lowest BCUT2D eigenvalue weighted by Crippen LogP contribution is -2.57. The largest absolute Gasteiger partial charge is 0.508 e. The van der Waals surface area contributed by atoms with Crippen LogP contribution >= 0.6 is 0 Å². The summed E-state index contributed by atoms with van der Waals surface area (Å²) in [6.07, 6.45) is 2.35. The van der Waals surface area contributed by atoms with Crippen molar-refractivity contribution in [2.24, 2.45) is 22.2 Å². The fraction of sp³-hybridized carbons (Fsp3) is 0.345. The number of benzene rings is 2. The number of carboxylic acids is 1. The Morgan fingerprint density at radius 3 is 2.23 bits per heavy atom. The number of phenols is 1. The molecule has 43 heavy (non-hydrogen) atoms. The van der Waals surface area contributed by atoms with Crippen molar-refractivity contribution in [3.8, 4) is 5.75 Å². The Bertz CT molecular complexity index is 1450. The number of carbonyl (C=O) groups excluding carboxylic acids is 3. The quantitative estimate of drug-likeness (QED) is 0.0629. The van der Waals surface area contributed by atoms with E-state index < -0.39 is 47.9 Å². The summed E-state index contributed by atoms with van der Waals surface area (Å²) < 4.78 is 0. The van der Waals surface area contributed by atoms with Gasteiger partial charge in [-0.05, 0) is 55.5 Å². The molecule has 1 heterocycles. The van der Waals surface area contributed by atoms with E-state index in [4.69, 9.17) is 17.2 Å². The predicted molar refractivity (Wildman–Crippen MR) is 161 cm³/mol. The summed E-state index contributed by atoms with van der Waals surface area (Å²) in [7, 11) is 0. The number of carbonyl (C=O) groups is 4. The lowest BCUT2D eigenvalue weighted by atomic mass is 10.0. The van der Waals surface area contributed by atoms with Gasteiger partial charge in [0.15, 0.2) is 5.96 Å². The van der Waals surface area contributed by atoms with Crippen LogP contribution in [0, 0.1) is 0 Å². The smallest absolute Gasteiger partial charge is 0.325 e. The molecule has 0 radical (unpaired) electrons. The first-order valence-corrected chi connectivity index (χ1v) is 13.7. The zero-order valence-electron chi connectivity index (χ0n) is 23.7. The molecule has 12 N–H and O–H groups in total. The van der Waals surface area contributed by atoms with Gasteiger partial charge in [0, 0.05) is 30.1 Å². The van der Waals surface area contributed by atoms with Gasteiger partial charge in [-0.3, -0.25) is 24.2 Å². The van der Waals surface area contributed by atoms with Crippen LogP contribution < -0.4 is 33.2 Å². The van der Waals surface area contributed by atoms with Crippen LogP contribution in [0.5, 0.6) is 5.75 Å². The second-order valence-corrected chi connectivity index (χ2v) is 10.2. The molecule has 230 valence electrons. The monoisotopic (exact) mass is 594 g/mol. The van der Waals surface area contributed by atoms with Crippen LogP contribution in [0.3, 0.4) is 0 Å². The summed E-state index contributed by atoms with van der Waals surface area (Å²) in [5, 5.41) is 27.4. The molecule has 14 heteroatoms. The van der Waals surface area contributed by atoms with Crippen molar-refractivity contribution in [1.29, 1.82) is 0 Å². The molecule has 3 rings (SSSR count). The van der Waals surface area contributed by atoms with E-state index in [1.54, 1.807) is 18.3 Å². The Hall–Kier alpha value is -5.11. The van der Waals surface area contributed by atoms with Crippen LogP contribution in [-0.4, -0.2) is 75.6 Å². The number of rotatable bonds is 15. The Morgan fingerprint density at radius 2 is 1.56 bits per heavy atom. The van der Waals surface area contributed by atoms with E-state index in [1.807, 2.05) is 24.3 Å². The first-order chi connectivity index (χ1) is 20.4. The van der Waals surface area contributed by atoms with Crippen LogP contribution in [-0.2, 0) is 32.0 Å². The van der Waals surface area contributed by atoms with E-state index in [2.05, 4.69) is 25.9 Å². The lowest BCUT2D eigenvalue weighted by Gasteiger charge is -2.25. The highest BCUT2D eigenvalue weighted by Gasteiger charge is 2.30. The number of guanidine groups is 1. The summed E-state index contributed by atoms with van der Waals surface area (Å²) in [6.45, 7) is 1.48. The molecule has 4 atom stereocenters. The van der Waals surface area contributed by atoms with Crippen molar-refractivity contribution in [3.63, 3.8) is 0 Å². The van der Waals surface area contributed by atoms with E-state index in [-0.39, 0.29) is 37.5 Å². The molecule has 0 saturated carbocycles. The SMILES string of the molecule is C[C@H](NC(=O)[C@H](CCCN=C(N)N)NC(=O)[C@H](Cc1c[nH]c2ccccc12)NC(=O)[C@@H](N)Cc1ccc(O)cc1)C(=O)O. The number of fused-ring (bicyclic) bond motifs is 1. The molecule has 0 saturated heterocycles. The number of H-pyrrole nitrogens is 1. The van der Waals surface area contributed by atoms with Crippen LogP contribution in [0.15, 0.2) is 59.7 Å². The molecule has 3 aromatic rings. The van der Waals surface area contributed by atoms with Gasteiger partial charge in [0.2, 0.25) is 17.7 Å². The Labute approximate surface area is 248 Å². The fourth-order valence-corrected chi connectivity index (χ4v) is 4.41. The van der Waals surface area contributed by atoms with Gasteiger partial charge in [-0.2, -0.15) is 0 Å². The molecule has 3 amide bonds. The molecular formula is C29H38N8O6. The van der Waals surface area contributed by atoms with Gasteiger partial charge in [-0.15, -0.1) is 0 Å². The summed E-state index contributed by atoms with van der Waals surface area (Å²) >= 11 is 0. The number of nitrogens with one attached hydrogen (secondary N) is 4. The molecule has 0 aliphatic rings. The maximum atomic E-state index is 13.7. The summed E-state index contributed by atoms with van der Waals surface area (Å²) in [5.41, 5.74) is 19.2. The van der Waals surface area contributed by atoms with Gasteiger partial charge in [0.05, 0.1) is 6.04 Å². The number of aromatic hydroxyl groups is 1. The Morgan fingerprint density at radius 1 is 0.907 bits per heavy atom. The van der Waals surface area contributed by atoms with Crippen LogP contribution in [0.4, 0.5) is 0 Å². The minimum atomic E-state index is -1.24. The number of carboxylic acid groups (broad SMARTS) is 1. The van der Waals surface area contributed by atoms with Crippen LogP contribution in [0.1, 0.15) is 30.9 Å².